The number of aryl methyl sites for hydroxylation is 1. The van der Waals surface area contributed by atoms with Crippen LogP contribution in [0.3, 0.4) is 0 Å². The van der Waals surface area contributed by atoms with E-state index in [4.69, 9.17) is 5.73 Å². The molecule has 0 fully saturated rings. The van der Waals surface area contributed by atoms with Crippen molar-refractivity contribution < 1.29 is 12.8 Å². The fourth-order valence-corrected chi connectivity index (χ4v) is 2.85. The second-order valence-corrected chi connectivity index (χ2v) is 6.00. The molecule has 0 spiro atoms. The first-order chi connectivity index (χ1) is 8.36. The third kappa shape index (κ3) is 4.04. The van der Waals surface area contributed by atoms with Crippen molar-refractivity contribution in [3.8, 4) is 0 Å². The molecule has 0 saturated heterocycles. The molecule has 1 aromatic carbocycles. The largest absolute Gasteiger partial charge is 0.328 e. The molecule has 1 atom stereocenters. The molecule has 18 heavy (non-hydrogen) atoms. The van der Waals surface area contributed by atoms with Crippen LogP contribution in [0.1, 0.15) is 25.3 Å². The predicted molar refractivity (Wildman–Crippen MR) is 69.2 cm³/mol. The molecule has 0 bridgehead atoms. The normalized spacial score (nSPS) is 13.6. The zero-order chi connectivity index (χ0) is 13.8. The van der Waals surface area contributed by atoms with Gasteiger partial charge in [0.2, 0.25) is 10.0 Å². The molecule has 1 aromatic rings. The summed E-state index contributed by atoms with van der Waals surface area (Å²) in [5.41, 5.74) is 6.10. The summed E-state index contributed by atoms with van der Waals surface area (Å²) in [5, 5.41) is 0. The first kappa shape index (κ1) is 15.1. The molecule has 0 aliphatic carbocycles. The highest BCUT2D eigenvalue weighted by Crippen LogP contribution is 2.15. The summed E-state index contributed by atoms with van der Waals surface area (Å²) in [4.78, 5) is 0.106. The lowest BCUT2D eigenvalue weighted by Gasteiger charge is -2.11. The van der Waals surface area contributed by atoms with Crippen LogP contribution in [0.15, 0.2) is 23.1 Å². The van der Waals surface area contributed by atoms with Gasteiger partial charge in [-0.3, -0.25) is 0 Å². The van der Waals surface area contributed by atoms with Crippen molar-refractivity contribution in [2.24, 2.45) is 5.73 Å². The van der Waals surface area contributed by atoms with Gasteiger partial charge in [0, 0.05) is 12.6 Å². The molecule has 0 amide bonds. The first-order valence-corrected chi connectivity index (χ1v) is 7.36. The van der Waals surface area contributed by atoms with Crippen LogP contribution in [0.2, 0.25) is 0 Å². The van der Waals surface area contributed by atoms with Gasteiger partial charge >= 0.3 is 0 Å². The Morgan fingerprint density at radius 1 is 1.44 bits per heavy atom. The van der Waals surface area contributed by atoms with E-state index in [2.05, 4.69) is 4.72 Å². The minimum absolute atomic E-state index is 0.0120. The molecule has 0 radical (unpaired) electrons. The number of sulfonamides is 1. The molecule has 0 saturated carbocycles. The Morgan fingerprint density at radius 3 is 2.67 bits per heavy atom. The maximum absolute atomic E-state index is 12.9. The quantitative estimate of drug-likeness (QED) is 0.826. The van der Waals surface area contributed by atoms with E-state index in [-0.39, 0.29) is 17.5 Å². The number of rotatable bonds is 6. The molecular formula is C12H19FN2O2S. The Balaban J connectivity index is 2.74. The number of nitrogens with one attached hydrogen (secondary N) is 1. The monoisotopic (exact) mass is 274 g/mol. The van der Waals surface area contributed by atoms with Crippen molar-refractivity contribution in [2.45, 2.75) is 37.6 Å². The summed E-state index contributed by atoms with van der Waals surface area (Å²) in [7, 11) is -3.58. The standard InChI is InChI=1S/C12H19FN2O2S/c1-3-11(14)6-7-15-18(16,17)12-5-4-10(13)8-9(12)2/h4-5,8,11,15H,3,6-7,14H2,1-2H3. The van der Waals surface area contributed by atoms with Gasteiger partial charge in [0.05, 0.1) is 4.90 Å². The smallest absolute Gasteiger partial charge is 0.240 e. The first-order valence-electron chi connectivity index (χ1n) is 5.88. The van der Waals surface area contributed by atoms with Crippen LogP contribution in [-0.4, -0.2) is 21.0 Å². The molecular weight excluding hydrogens is 255 g/mol. The minimum Gasteiger partial charge on any atom is -0.328 e. The van der Waals surface area contributed by atoms with E-state index in [1.54, 1.807) is 6.92 Å². The summed E-state index contributed by atoms with van der Waals surface area (Å²) >= 11 is 0. The maximum atomic E-state index is 12.9. The molecule has 4 nitrogen and oxygen atoms in total. The third-order valence-corrected chi connectivity index (χ3v) is 4.38. The van der Waals surface area contributed by atoms with Gasteiger partial charge in [-0.25, -0.2) is 17.5 Å². The Hall–Kier alpha value is -0.980. The molecule has 1 unspecified atom stereocenters. The van der Waals surface area contributed by atoms with E-state index >= 15 is 0 Å². The average molecular weight is 274 g/mol. The summed E-state index contributed by atoms with van der Waals surface area (Å²) in [6.45, 7) is 3.80. The SMILES string of the molecule is CCC(N)CCNS(=O)(=O)c1ccc(F)cc1C. The Morgan fingerprint density at radius 2 is 2.11 bits per heavy atom. The lowest BCUT2D eigenvalue weighted by molar-refractivity contribution is 0.557. The van der Waals surface area contributed by atoms with Crippen molar-refractivity contribution >= 4 is 10.0 Å². The van der Waals surface area contributed by atoms with Crippen molar-refractivity contribution in [1.82, 2.24) is 4.72 Å². The molecule has 3 N–H and O–H groups in total. The van der Waals surface area contributed by atoms with Crippen LogP contribution in [0.5, 0.6) is 0 Å². The van der Waals surface area contributed by atoms with Gasteiger partial charge in [-0.05, 0) is 43.5 Å². The highest BCUT2D eigenvalue weighted by molar-refractivity contribution is 7.89. The fourth-order valence-electron chi connectivity index (χ4n) is 1.57. The fraction of sp³-hybridized carbons (Fsp3) is 0.500. The van der Waals surface area contributed by atoms with Gasteiger partial charge in [-0.2, -0.15) is 0 Å². The average Bonchev–Trinajstić information content (AvgIpc) is 2.27. The van der Waals surface area contributed by atoms with Gasteiger partial charge in [-0.1, -0.05) is 6.92 Å². The van der Waals surface area contributed by atoms with Crippen LogP contribution < -0.4 is 10.5 Å². The van der Waals surface area contributed by atoms with Crippen molar-refractivity contribution in [1.29, 1.82) is 0 Å². The Labute approximate surface area is 107 Å². The predicted octanol–water partition coefficient (Wildman–Crippen LogP) is 1.54. The summed E-state index contributed by atoms with van der Waals surface area (Å²) < 4.78 is 39.3. The molecule has 0 aliphatic heterocycles. The zero-order valence-electron chi connectivity index (χ0n) is 10.6. The Kier molecular flexibility index (Phi) is 5.25. The molecule has 6 heteroatoms. The van der Waals surface area contributed by atoms with Crippen LogP contribution >= 0.6 is 0 Å². The van der Waals surface area contributed by atoms with Crippen molar-refractivity contribution in [3.05, 3.63) is 29.6 Å². The van der Waals surface area contributed by atoms with E-state index in [0.29, 0.717) is 12.0 Å². The van der Waals surface area contributed by atoms with Crippen molar-refractivity contribution in [3.63, 3.8) is 0 Å². The van der Waals surface area contributed by atoms with Gasteiger partial charge in [0.1, 0.15) is 5.82 Å². The zero-order valence-corrected chi connectivity index (χ0v) is 11.4. The number of halogens is 1. The number of hydrogen-bond donors (Lipinski definition) is 2. The highest BCUT2D eigenvalue weighted by Gasteiger charge is 2.16. The molecule has 102 valence electrons. The van der Waals surface area contributed by atoms with Crippen LogP contribution in [0.4, 0.5) is 4.39 Å². The number of nitrogens with two attached hydrogens (primary N) is 1. The van der Waals surface area contributed by atoms with E-state index in [9.17, 15) is 12.8 Å². The second kappa shape index (κ2) is 6.26. The number of hydrogen-bond acceptors (Lipinski definition) is 3. The summed E-state index contributed by atoms with van der Waals surface area (Å²) in [6, 6.07) is 3.60. The highest BCUT2D eigenvalue weighted by atomic mass is 32.2. The lowest BCUT2D eigenvalue weighted by atomic mass is 10.2. The maximum Gasteiger partial charge on any atom is 0.240 e. The third-order valence-electron chi connectivity index (χ3n) is 2.76. The van der Waals surface area contributed by atoms with Gasteiger partial charge < -0.3 is 5.73 Å². The van der Waals surface area contributed by atoms with Gasteiger partial charge in [0.25, 0.3) is 0 Å². The summed E-state index contributed by atoms with van der Waals surface area (Å²) in [5.74, 6) is -0.445. The molecule has 0 aliphatic rings. The molecule has 0 heterocycles. The topological polar surface area (TPSA) is 72.2 Å². The van der Waals surface area contributed by atoms with E-state index < -0.39 is 15.8 Å². The van der Waals surface area contributed by atoms with Crippen molar-refractivity contribution in [2.75, 3.05) is 6.54 Å². The number of benzene rings is 1. The van der Waals surface area contributed by atoms with E-state index in [0.717, 1.165) is 12.5 Å². The van der Waals surface area contributed by atoms with Crippen LogP contribution in [-0.2, 0) is 10.0 Å². The van der Waals surface area contributed by atoms with Gasteiger partial charge in [0.15, 0.2) is 0 Å². The van der Waals surface area contributed by atoms with Gasteiger partial charge in [-0.15, -0.1) is 0 Å². The van der Waals surface area contributed by atoms with E-state index in [1.807, 2.05) is 6.92 Å². The lowest BCUT2D eigenvalue weighted by Crippen LogP contribution is -2.30. The van der Waals surface area contributed by atoms with Crippen LogP contribution in [0, 0.1) is 12.7 Å². The summed E-state index contributed by atoms with van der Waals surface area (Å²) in [6.07, 6.45) is 1.38. The molecule has 1 rings (SSSR count). The molecule has 0 aromatic heterocycles. The van der Waals surface area contributed by atoms with E-state index in [1.165, 1.54) is 12.1 Å². The second-order valence-electron chi connectivity index (χ2n) is 4.26. The van der Waals surface area contributed by atoms with Crippen LogP contribution in [0.25, 0.3) is 0 Å². The Bertz CT molecular complexity index is 503. The minimum atomic E-state index is -3.58.